The molecule has 1 aromatic carbocycles. The zero-order chi connectivity index (χ0) is 18.4. The fourth-order valence-electron chi connectivity index (χ4n) is 1.91. The molecule has 1 heterocycles. The number of rotatable bonds is 6. The van der Waals surface area contributed by atoms with E-state index in [1.54, 1.807) is 18.2 Å². The number of nitrogens with zero attached hydrogens (tertiary/aromatic N) is 1. The van der Waals surface area contributed by atoms with Crippen molar-refractivity contribution >= 4 is 11.7 Å². The molecule has 6 nitrogen and oxygen atoms in total. The maximum atomic E-state index is 12.2. The Hall–Kier alpha value is -3.28. The van der Waals surface area contributed by atoms with Crippen LogP contribution in [0.3, 0.4) is 0 Å². The predicted octanol–water partition coefficient (Wildman–Crippen LogP) is 2.82. The zero-order valence-electron chi connectivity index (χ0n) is 12.5. The SMILES string of the molecule is N#CC(C(=O)NCc1ccco1)C(=O)c1ccc(OC(F)(F)F)cc1. The van der Waals surface area contributed by atoms with Crippen LogP contribution in [0.4, 0.5) is 13.2 Å². The van der Waals surface area contributed by atoms with Crippen molar-refractivity contribution < 1.29 is 31.9 Å². The number of halogens is 3. The molecule has 0 aliphatic rings. The molecule has 2 rings (SSSR count). The first-order chi connectivity index (χ1) is 11.8. The summed E-state index contributed by atoms with van der Waals surface area (Å²) in [7, 11) is 0. The number of carbonyl (C=O) groups excluding carboxylic acids is 2. The smallest absolute Gasteiger partial charge is 0.467 e. The van der Waals surface area contributed by atoms with Gasteiger partial charge in [-0.2, -0.15) is 5.26 Å². The van der Waals surface area contributed by atoms with Gasteiger partial charge in [-0.1, -0.05) is 0 Å². The second-order valence-electron chi connectivity index (χ2n) is 4.80. The van der Waals surface area contributed by atoms with Crippen LogP contribution in [-0.4, -0.2) is 18.1 Å². The summed E-state index contributed by atoms with van der Waals surface area (Å²) in [6.07, 6.45) is -3.45. The molecule has 0 bridgehead atoms. The molecular formula is C16H11F3N2O4. The second-order valence-corrected chi connectivity index (χ2v) is 4.80. The van der Waals surface area contributed by atoms with E-state index >= 15 is 0 Å². The van der Waals surface area contributed by atoms with Gasteiger partial charge in [-0.05, 0) is 36.4 Å². The van der Waals surface area contributed by atoms with Crippen LogP contribution in [0.15, 0.2) is 47.1 Å². The molecular weight excluding hydrogens is 341 g/mol. The van der Waals surface area contributed by atoms with Crippen molar-refractivity contribution in [3.05, 3.63) is 54.0 Å². The number of amides is 1. The molecule has 1 N–H and O–H groups in total. The van der Waals surface area contributed by atoms with Gasteiger partial charge in [-0.25, -0.2) is 0 Å². The molecule has 2 aromatic rings. The lowest BCUT2D eigenvalue weighted by Gasteiger charge is -2.11. The highest BCUT2D eigenvalue weighted by Crippen LogP contribution is 2.23. The molecule has 9 heteroatoms. The van der Waals surface area contributed by atoms with Gasteiger partial charge in [0, 0.05) is 5.56 Å². The molecule has 1 unspecified atom stereocenters. The fraction of sp³-hybridized carbons (Fsp3) is 0.188. The van der Waals surface area contributed by atoms with Crippen molar-refractivity contribution in [3.8, 4) is 11.8 Å². The van der Waals surface area contributed by atoms with E-state index in [1.165, 1.54) is 6.26 Å². The number of hydrogen-bond acceptors (Lipinski definition) is 5. The van der Waals surface area contributed by atoms with Crippen molar-refractivity contribution in [1.82, 2.24) is 5.32 Å². The normalized spacial score (nSPS) is 12.1. The number of nitriles is 1. The van der Waals surface area contributed by atoms with Gasteiger partial charge in [0.15, 0.2) is 11.7 Å². The second kappa shape index (κ2) is 7.53. The summed E-state index contributed by atoms with van der Waals surface area (Å²) in [5, 5.41) is 11.4. The van der Waals surface area contributed by atoms with E-state index in [1.807, 2.05) is 0 Å². The largest absolute Gasteiger partial charge is 0.573 e. The van der Waals surface area contributed by atoms with Crippen LogP contribution in [-0.2, 0) is 11.3 Å². The van der Waals surface area contributed by atoms with Crippen LogP contribution in [0.5, 0.6) is 5.75 Å². The Balaban J connectivity index is 2.03. The summed E-state index contributed by atoms with van der Waals surface area (Å²) >= 11 is 0. The van der Waals surface area contributed by atoms with E-state index in [-0.39, 0.29) is 12.1 Å². The zero-order valence-corrected chi connectivity index (χ0v) is 12.5. The molecule has 0 aliphatic heterocycles. The number of Topliss-reactive ketones (excluding diaryl/α,β-unsaturated/α-hetero) is 1. The quantitative estimate of drug-likeness (QED) is 0.637. The molecule has 0 saturated heterocycles. The van der Waals surface area contributed by atoms with E-state index in [0.29, 0.717) is 5.76 Å². The van der Waals surface area contributed by atoms with Gasteiger partial charge in [-0.15, -0.1) is 13.2 Å². The molecule has 0 radical (unpaired) electrons. The third kappa shape index (κ3) is 5.10. The Morgan fingerprint density at radius 2 is 1.92 bits per heavy atom. The van der Waals surface area contributed by atoms with Crippen molar-refractivity contribution in [2.24, 2.45) is 5.92 Å². The summed E-state index contributed by atoms with van der Waals surface area (Å²) in [5.74, 6) is -3.38. The minimum Gasteiger partial charge on any atom is -0.467 e. The molecule has 130 valence electrons. The summed E-state index contributed by atoms with van der Waals surface area (Å²) in [4.78, 5) is 24.2. The number of furan rings is 1. The van der Waals surface area contributed by atoms with Crippen molar-refractivity contribution in [2.75, 3.05) is 0 Å². The average Bonchev–Trinajstić information content (AvgIpc) is 3.06. The highest BCUT2D eigenvalue weighted by Gasteiger charge is 2.31. The van der Waals surface area contributed by atoms with Gasteiger partial charge in [0.25, 0.3) is 0 Å². The highest BCUT2D eigenvalue weighted by atomic mass is 19.4. The summed E-state index contributed by atoms with van der Waals surface area (Å²) in [5.41, 5.74) is -0.0887. The minimum absolute atomic E-state index is 0.00431. The van der Waals surface area contributed by atoms with Gasteiger partial charge in [-0.3, -0.25) is 9.59 Å². The van der Waals surface area contributed by atoms with Gasteiger partial charge < -0.3 is 14.5 Å². The number of hydrogen-bond donors (Lipinski definition) is 1. The number of nitrogens with one attached hydrogen (secondary N) is 1. The monoisotopic (exact) mass is 352 g/mol. The van der Waals surface area contributed by atoms with Crippen molar-refractivity contribution in [1.29, 1.82) is 5.26 Å². The lowest BCUT2D eigenvalue weighted by molar-refractivity contribution is -0.274. The number of ether oxygens (including phenoxy) is 1. The molecule has 1 aromatic heterocycles. The maximum Gasteiger partial charge on any atom is 0.573 e. The number of alkyl halides is 3. The predicted molar refractivity (Wildman–Crippen MR) is 77.1 cm³/mol. The minimum atomic E-state index is -4.85. The van der Waals surface area contributed by atoms with Crippen LogP contribution in [0.2, 0.25) is 0 Å². The topological polar surface area (TPSA) is 92.3 Å². The number of ketones is 1. The molecule has 0 fully saturated rings. The van der Waals surface area contributed by atoms with Gasteiger partial charge in [0.05, 0.1) is 18.9 Å². The fourth-order valence-corrected chi connectivity index (χ4v) is 1.91. The van der Waals surface area contributed by atoms with Gasteiger partial charge in [0.1, 0.15) is 11.5 Å². The van der Waals surface area contributed by atoms with Gasteiger partial charge in [0.2, 0.25) is 5.91 Å². The standard InChI is InChI=1S/C16H11F3N2O4/c17-16(18,19)25-11-5-3-10(4-6-11)14(22)13(8-20)15(23)21-9-12-2-1-7-24-12/h1-7,13H,9H2,(H,21,23). The van der Waals surface area contributed by atoms with Crippen molar-refractivity contribution in [2.45, 2.75) is 12.9 Å². The number of benzene rings is 1. The first-order valence-corrected chi connectivity index (χ1v) is 6.90. The first kappa shape index (κ1) is 18.1. The van der Waals surface area contributed by atoms with E-state index in [4.69, 9.17) is 9.68 Å². The van der Waals surface area contributed by atoms with Crippen LogP contribution in [0.25, 0.3) is 0 Å². The lowest BCUT2D eigenvalue weighted by Crippen LogP contribution is -2.34. The Morgan fingerprint density at radius 1 is 1.24 bits per heavy atom. The average molecular weight is 352 g/mol. The Morgan fingerprint density at radius 3 is 2.44 bits per heavy atom. The Bertz CT molecular complexity index is 777. The maximum absolute atomic E-state index is 12.2. The van der Waals surface area contributed by atoms with Crippen LogP contribution >= 0.6 is 0 Å². The van der Waals surface area contributed by atoms with Crippen LogP contribution < -0.4 is 10.1 Å². The van der Waals surface area contributed by atoms with E-state index in [2.05, 4.69) is 10.1 Å². The third-order valence-electron chi connectivity index (χ3n) is 3.04. The molecule has 1 atom stereocenters. The summed E-state index contributed by atoms with van der Waals surface area (Å²) < 4.78 is 45.0. The van der Waals surface area contributed by atoms with E-state index in [9.17, 15) is 22.8 Å². The van der Waals surface area contributed by atoms with Crippen LogP contribution in [0.1, 0.15) is 16.1 Å². The summed E-state index contributed by atoms with van der Waals surface area (Å²) in [6, 6.07) is 8.74. The number of carbonyl (C=O) groups is 2. The highest BCUT2D eigenvalue weighted by molar-refractivity contribution is 6.12. The Kier molecular flexibility index (Phi) is 5.44. The van der Waals surface area contributed by atoms with Crippen LogP contribution in [0, 0.1) is 17.2 Å². The first-order valence-electron chi connectivity index (χ1n) is 6.90. The lowest BCUT2D eigenvalue weighted by atomic mass is 9.98. The van der Waals surface area contributed by atoms with Crippen molar-refractivity contribution in [3.63, 3.8) is 0 Å². The molecule has 25 heavy (non-hydrogen) atoms. The van der Waals surface area contributed by atoms with Gasteiger partial charge >= 0.3 is 6.36 Å². The molecule has 0 saturated carbocycles. The third-order valence-corrected chi connectivity index (χ3v) is 3.04. The molecule has 0 spiro atoms. The Labute approximate surface area is 139 Å². The van der Waals surface area contributed by atoms with E-state index < -0.39 is 29.7 Å². The van der Waals surface area contributed by atoms with E-state index in [0.717, 1.165) is 24.3 Å². The molecule has 0 aliphatic carbocycles. The summed E-state index contributed by atoms with van der Waals surface area (Å²) in [6.45, 7) is -0.00431. The molecule has 1 amide bonds.